The molecule has 6 nitrogen and oxygen atoms in total. The number of nitrogens with zero attached hydrogens (tertiary/aromatic N) is 4. The van der Waals surface area contributed by atoms with Crippen LogP contribution in [0, 0.1) is 17.2 Å². The Morgan fingerprint density at radius 1 is 1.40 bits per heavy atom. The van der Waals surface area contributed by atoms with Gasteiger partial charge in [-0.05, 0) is 25.0 Å². The van der Waals surface area contributed by atoms with E-state index in [0.29, 0.717) is 37.4 Å². The highest BCUT2D eigenvalue weighted by Crippen LogP contribution is 2.26. The lowest BCUT2D eigenvalue weighted by Gasteiger charge is -2.30. The number of pyridine rings is 1. The lowest BCUT2D eigenvalue weighted by molar-refractivity contribution is -0.142. The SMILES string of the molecule is N#Cc1c(N2CCC(C(=O)O)CC2)nc2ccccn12. The van der Waals surface area contributed by atoms with Gasteiger partial charge in [0.25, 0.3) is 0 Å². The van der Waals surface area contributed by atoms with Gasteiger partial charge < -0.3 is 10.0 Å². The molecular formula is C14H14N4O2. The summed E-state index contributed by atoms with van der Waals surface area (Å²) in [7, 11) is 0. The third kappa shape index (κ3) is 1.97. The smallest absolute Gasteiger partial charge is 0.306 e. The van der Waals surface area contributed by atoms with Crippen LogP contribution in [-0.2, 0) is 4.79 Å². The molecule has 1 N–H and O–H groups in total. The van der Waals surface area contributed by atoms with Gasteiger partial charge in [0, 0.05) is 19.3 Å². The molecule has 1 aliphatic heterocycles. The minimum absolute atomic E-state index is 0.284. The average molecular weight is 270 g/mol. The fraction of sp³-hybridized carbons (Fsp3) is 0.357. The van der Waals surface area contributed by atoms with E-state index >= 15 is 0 Å². The second kappa shape index (κ2) is 4.85. The van der Waals surface area contributed by atoms with Crippen LogP contribution < -0.4 is 4.90 Å². The Labute approximate surface area is 115 Å². The van der Waals surface area contributed by atoms with Crippen molar-refractivity contribution < 1.29 is 9.90 Å². The van der Waals surface area contributed by atoms with Gasteiger partial charge in [-0.2, -0.15) is 5.26 Å². The van der Waals surface area contributed by atoms with Crippen molar-refractivity contribution in [2.75, 3.05) is 18.0 Å². The molecule has 2 aromatic heterocycles. The molecule has 0 unspecified atom stereocenters. The van der Waals surface area contributed by atoms with Crippen molar-refractivity contribution >= 4 is 17.4 Å². The number of aliphatic carboxylic acids is 1. The molecule has 2 aromatic rings. The van der Waals surface area contributed by atoms with Gasteiger partial charge in [0.15, 0.2) is 11.5 Å². The predicted octanol–water partition coefficient (Wildman–Crippen LogP) is 1.51. The maximum absolute atomic E-state index is 11.0. The molecule has 0 spiro atoms. The van der Waals surface area contributed by atoms with Crippen LogP contribution in [0.15, 0.2) is 24.4 Å². The van der Waals surface area contributed by atoms with Gasteiger partial charge in [-0.15, -0.1) is 0 Å². The fourth-order valence-electron chi connectivity index (χ4n) is 2.65. The van der Waals surface area contributed by atoms with Gasteiger partial charge in [-0.1, -0.05) is 6.07 Å². The molecule has 0 atom stereocenters. The molecule has 0 saturated carbocycles. The van der Waals surface area contributed by atoms with E-state index in [2.05, 4.69) is 11.1 Å². The maximum atomic E-state index is 11.0. The van der Waals surface area contributed by atoms with Crippen molar-refractivity contribution in [2.24, 2.45) is 5.92 Å². The molecule has 1 saturated heterocycles. The van der Waals surface area contributed by atoms with E-state index in [-0.39, 0.29) is 5.92 Å². The molecule has 6 heteroatoms. The number of fused-ring (bicyclic) bond motifs is 1. The van der Waals surface area contributed by atoms with Crippen molar-refractivity contribution in [3.05, 3.63) is 30.1 Å². The Kier molecular flexibility index (Phi) is 3.03. The summed E-state index contributed by atoms with van der Waals surface area (Å²) in [6.07, 6.45) is 3.00. The van der Waals surface area contributed by atoms with Crippen LogP contribution in [0.2, 0.25) is 0 Å². The number of piperidine rings is 1. The van der Waals surface area contributed by atoms with Crippen molar-refractivity contribution in [1.29, 1.82) is 5.26 Å². The molecule has 3 heterocycles. The van der Waals surface area contributed by atoms with Crippen LogP contribution in [0.3, 0.4) is 0 Å². The minimum Gasteiger partial charge on any atom is -0.481 e. The zero-order chi connectivity index (χ0) is 14.1. The summed E-state index contributed by atoms with van der Waals surface area (Å²) in [5.41, 5.74) is 1.24. The third-order valence-corrected chi connectivity index (χ3v) is 3.76. The van der Waals surface area contributed by atoms with Crippen molar-refractivity contribution in [3.8, 4) is 6.07 Å². The first kappa shape index (κ1) is 12.5. The Hall–Kier alpha value is -2.55. The maximum Gasteiger partial charge on any atom is 0.306 e. The van der Waals surface area contributed by atoms with E-state index in [4.69, 9.17) is 5.11 Å². The molecule has 3 rings (SSSR count). The average Bonchev–Trinajstić information content (AvgIpc) is 2.85. The molecule has 0 aliphatic carbocycles. The van der Waals surface area contributed by atoms with Gasteiger partial charge in [0.2, 0.25) is 0 Å². The Bertz CT molecular complexity index is 693. The summed E-state index contributed by atoms with van der Waals surface area (Å²) < 4.78 is 1.76. The zero-order valence-electron chi connectivity index (χ0n) is 10.9. The Balaban J connectivity index is 1.92. The molecule has 20 heavy (non-hydrogen) atoms. The minimum atomic E-state index is -0.736. The molecule has 1 fully saturated rings. The number of imidazole rings is 1. The van der Waals surface area contributed by atoms with Crippen LogP contribution in [0.4, 0.5) is 5.82 Å². The molecule has 0 radical (unpaired) electrons. The summed E-state index contributed by atoms with van der Waals surface area (Å²) in [6, 6.07) is 7.78. The lowest BCUT2D eigenvalue weighted by atomic mass is 9.97. The summed E-state index contributed by atoms with van der Waals surface area (Å²) in [5.74, 6) is -0.364. The van der Waals surface area contributed by atoms with Crippen LogP contribution >= 0.6 is 0 Å². The van der Waals surface area contributed by atoms with E-state index in [1.165, 1.54) is 0 Å². The molecule has 1 aliphatic rings. The first-order chi connectivity index (χ1) is 9.70. The summed E-state index contributed by atoms with van der Waals surface area (Å²) in [5, 5.41) is 18.4. The normalized spacial score (nSPS) is 16.2. The molecular weight excluding hydrogens is 256 g/mol. The summed E-state index contributed by atoms with van der Waals surface area (Å²) >= 11 is 0. The standard InChI is InChI=1S/C14H14N4O2/c15-9-11-13(16-12-3-1-2-6-18(11)12)17-7-4-10(5-8-17)14(19)20/h1-3,6,10H,4-5,7-8H2,(H,19,20). The third-order valence-electron chi connectivity index (χ3n) is 3.76. The monoisotopic (exact) mass is 270 g/mol. The first-order valence-corrected chi connectivity index (χ1v) is 6.55. The number of nitriles is 1. The molecule has 0 amide bonds. The van der Waals surface area contributed by atoms with Gasteiger partial charge >= 0.3 is 5.97 Å². The van der Waals surface area contributed by atoms with Crippen LogP contribution in [0.25, 0.3) is 5.65 Å². The van der Waals surface area contributed by atoms with Crippen LogP contribution in [0.1, 0.15) is 18.5 Å². The lowest BCUT2D eigenvalue weighted by Crippen LogP contribution is -2.36. The predicted molar refractivity (Wildman–Crippen MR) is 72.5 cm³/mol. The fourth-order valence-corrected chi connectivity index (χ4v) is 2.65. The van der Waals surface area contributed by atoms with Crippen LogP contribution in [0.5, 0.6) is 0 Å². The quantitative estimate of drug-likeness (QED) is 0.894. The topological polar surface area (TPSA) is 81.6 Å². The molecule has 0 bridgehead atoms. The Morgan fingerprint density at radius 2 is 2.15 bits per heavy atom. The van der Waals surface area contributed by atoms with Gasteiger partial charge in [0.05, 0.1) is 5.92 Å². The van der Waals surface area contributed by atoms with E-state index in [1.54, 1.807) is 4.40 Å². The second-order valence-corrected chi connectivity index (χ2v) is 4.92. The number of carboxylic acids is 1. The number of hydrogen-bond acceptors (Lipinski definition) is 4. The number of hydrogen-bond donors (Lipinski definition) is 1. The summed E-state index contributed by atoms with van der Waals surface area (Å²) in [4.78, 5) is 17.5. The van der Waals surface area contributed by atoms with Gasteiger partial charge in [-0.3, -0.25) is 9.20 Å². The molecule has 0 aromatic carbocycles. The van der Waals surface area contributed by atoms with Crippen molar-refractivity contribution in [1.82, 2.24) is 9.38 Å². The highest BCUT2D eigenvalue weighted by atomic mass is 16.4. The van der Waals surface area contributed by atoms with E-state index in [1.807, 2.05) is 29.3 Å². The second-order valence-electron chi connectivity index (χ2n) is 4.92. The van der Waals surface area contributed by atoms with Crippen molar-refractivity contribution in [2.45, 2.75) is 12.8 Å². The van der Waals surface area contributed by atoms with Gasteiger partial charge in [0.1, 0.15) is 11.7 Å². The zero-order valence-corrected chi connectivity index (χ0v) is 10.9. The number of carbonyl (C=O) groups is 1. The van der Waals surface area contributed by atoms with Crippen LogP contribution in [-0.4, -0.2) is 33.6 Å². The Morgan fingerprint density at radius 3 is 2.80 bits per heavy atom. The first-order valence-electron chi connectivity index (χ1n) is 6.55. The van der Waals surface area contributed by atoms with E-state index in [9.17, 15) is 10.1 Å². The summed E-state index contributed by atoms with van der Waals surface area (Å²) in [6.45, 7) is 1.24. The number of anilines is 1. The van der Waals surface area contributed by atoms with Crippen molar-refractivity contribution in [3.63, 3.8) is 0 Å². The largest absolute Gasteiger partial charge is 0.481 e. The highest BCUT2D eigenvalue weighted by Gasteiger charge is 2.27. The number of carboxylic acid groups (broad SMARTS) is 1. The van der Waals surface area contributed by atoms with Gasteiger partial charge in [-0.25, -0.2) is 4.98 Å². The molecule has 102 valence electrons. The number of aromatic nitrogens is 2. The van der Waals surface area contributed by atoms with E-state index in [0.717, 1.165) is 5.65 Å². The number of rotatable bonds is 2. The van der Waals surface area contributed by atoms with E-state index < -0.39 is 5.97 Å². The highest BCUT2D eigenvalue weighted by molar-refractivity contribution is 5.70.